The molecule has 0 aliphatic rings. The summed E-state index contributed by atoms with van der Waals surface area (Å²) in [6, 6.07) is 0. The van der Waals surface area contributed by atoms with Gasteiger partial charge in [-0.15, -0.1) is 0 Å². The standard InChI is InChI=1S/C4H10O.Al.Li.4H/c1-3-5-4-2;;;;;;/h3-4H2,1-2H3;;;;;;/q;-1;+1;;;;. The minimum atomic E-state index is 0. The Bertz CT molecular complexity index is 19.2. The minimum Gasteiger partial charge on any atom is -0.382 e. The molecule has 0 aliphatic heterocycles. The fourth-order valence-electron chi connectivity index (χ4n) is 0.204. The Morgan fingerprint density at radius 1 is 1.14 bits per heavy atom. The summed E-state index contributed by atoms with van der Waals surface area (Å²) in [5, 5.41) is 0. The summed E-state index contributed by atoms with van der Waals surface area (Å²) in [7, 11) is 0. The van der Waals surface area contributed by atoms with E-state index >= 15 is 0 Å². The Labute approximate surface area is 68.1 Å². The molecular formula is C4H14AlLiO. The summed E-state index contributed by atoms with van der Waals surface area (Å²) in [5.74, 6) is 0. The molecule has 0 aliphatic carbocycles. The largest absolute Gasteiger partial charge is 1.00 e. The van der Waals surface area contributed by atoms with Gasteiger partial charge in [0.1, 0.15) is 0 Å². The molecule has 7 heavy (non-hydrogen) atoms. The maximum atomic E-state index is 4.83. The van der Waals surface area contributed by atoms with Crippen molar-refractivity contribution < 1.29 is 23.6 Å². The van der Waals surface area contributed by atoms with E-state index in [1.807, 2.05) is 13.8 Å². The van der Waals surface area contributed by atoms with Crippen LogP contribution in [0.25, 0.3) is 0 Å². The molecule has 0 heterocycles. The van der Waals surface area contributed by atoms with Crippen LogP contribution in [0.1, 0.15) is 13.8 Å². The fraction of sp³-hybridized carbons (Fsp3) is 1.00. The second-order valence-electron chi connectivity index (χ2n) is 0.781. The summed E-state index contributed by atoms with van der Waals surface area (Å²) in [5.41, 5.74) is 0. The Morgan fingerprint density at radius 3 is 1.43 bits per heavy atom. The van der Waals surface area contributed by atoms with Crippen molar-refractivity contribution in [3.8, 4) is 0 Å². The van der Waals surface area contributed by atoms with Gasteiger partial charge in [-0.1, -0.05) is 0 Å². The zero-order valence-electron chi connectivity index (χ0n) is 4.82. The van der Waals surface area contributed by atoms with Crippen LogP contribution in [0.5, 0.6) is 0 Å². The van der Waals surface area contributed by atoms with Crippen LogP contribution in [0.3, 0.4) is 0 Å². The second kappa shape index (κ2) is 15.7. The molecule has 0 saturated carbocycles. The van der Waals surface area contributed by atoms with Gasteiger partial charge in [-0.25, -0.2) is 0 Å². The van der Waals surface area contributed by atoms with Crippen LogP contribution >= 0.6 is 0 Å². The van der Waals surface area contributed by atoms with Gasteiger partial charge in [0.15, 0.2) is 0 Å². The van der Waals surface area contributed by atoms with Crippen LogP contribution in [0, 0.1) is 0 Å². The molecule has 0 bridgehead atoms. The van der Waals surface area contributed by atoms with E-state index in [0.717, 1.165) is 13.2 Å². The van der Waals surface area contributed by atoms with Crippen molar-refractivity contribution in [1.29, 1.82) is 0 Å². The Morgan fingerprint density at radius 2 is 1.43 bits per heavy atom. The van der Waals surface area contributed by atoms with Crippen molar-refractivity contribution in [3.63, 3.8) is 0 Å². The first-order valence-corrected chi connectivity index (χ1v) is 1.99. The predicted octanol–water partition coefficient (Wildman–Crippen LogP) is -3.40. The molecule has 0 unspecified atom stereocenters. The van der Waals surface area contributed by atoms with Gasteiger partial charge in [0.2, 0.25) is 0 Å². The molecule has 0 atom stereocenters. The summed E-state index contributed by atoms with van der Waals surface area (Å²) < 4.78 is 4.83. The molecule has 0 rings (SSSR count). The fourth-order valence-corrected chi connectivity index (χ4v) is 0.204. The van der Waals surface area contributed by atoms with E-state index in [9.17, 15) is 0 Å². The minimum absolute atomic E-state index is 0. The molecule has 0 amide bonds. The smallest absolute Gasteiger partial charge is 0.382 e. The molecule has 3 heteroatoms. The van der Waals surface area contributed by atoms with Crippen LogP contribution in [0.4, 0.5) is 0 Å². The first-order valence-electron chi connectivity index (χ1n) is 1.99. The van der Waals surface area contributed by atoms with Gasteiger partial charge in [0, 0.05) is 30.6 Å². The van der Waals surface area contributed by atoms with Crippen LogP contribution < -0.4 is 18.9 Å². The molecule has 0 spiro atoms. The number of ether oxygens (including phenoxy) is 1. The molecular weight excluding hydrogens is 98.0 g/mol. The Kier molecular flexibility index (Phi) is 35.2. The number of rotatable bonds is 2. The van der Waals surface area contributed by atoms with Crippen molar-refractivity contribution >= 4 is 17.4 Å². The third-order valence-electron chi connectivity index (χ3n) is 0.408. The van der Waals surface area contributed by atoms with Crippen molar-refractivity contribution in [2.45, 2.75) is 13.8 Å². The van der Waals surface area contributed by atoms with E-state index in [2.05, 4.69) is 0 Å². The molecule has 0 aromatic carbocycles. The van der Waals surface area contributed by atoms with Gasteiger partial charge in [-0.2, -0.15) is 0 Å². The van der Waals surface area contributed by atoms with Crippen molar-refractivity contribution in [2.24, 2.45) is 0 Å². The van der Waals surface area contributed by atoms with Crippen LogP contribution in [-0.4, -0.2) is 30.6 Å². The predicted molar refractivity (Wildman–Crippen MR) is 33.5 cm³/mol. The van der Waals surface area contributed by atoms with Crippen molar-refractivity contribution in [2.75, 3.05) is 13.2 Å². The third-order valence-corrected chi connectivity index (χ3v) is 0.408. The number of hydrogen-bond donors (Lipinski definition) is 0. The summed E-state index contributed by atoms with van der Waals surface area (Å²) in [6.45, 7) is 5.67. The van der Waals surface area contributed by atoms with Crippen LogP contribution in [0.15, 0.2) is 0 Å². The Balaban J connectivity index is -0.0000000800. The van der Waals surface area contributed by atoms with Gasteiger partial charge >= 0.3 is 18.9 Å². The molecule has 0 saturated heterocycles. The summed E-state index contributed by atoms with van der Waals surface area (Å²) >= 11 is 0. The summed E-state index contributed by atoms with van der Waals surface area (Å²) in [4.78, 5) is 0. The molecule has 0 aromatic heterocycles. The van der Waals surface area contributed by atoms with Gasteiger partial charge in [0.25, 0.3) is 0 Å². The maximum absolute atomic E-state index is 4.83. The average Bonchev–Trinajstić information content (AvgIpc) is 1.41. The SMILES string of the molecule is CCOCC.[AlH4-].[Li+]. The molecule has 0 radical (unpaired) electrons. The molecule has 1 nitrogen and oxygen atoms in total. The number of hydrogen-bond acceptors (Lipinski definition) is 1. The zero-order chi connectivity index (χ0) is 4.12. The molecule has 0 aromatic rings. The van der Waals surface area contributed by atoms with Gasteiger partial charge < -0.3 is 4.74 Å². The van der Waals surface area contributed by atoms with Crippen molar-refractivity contribution in [3.05, 3.63) is 0 Å². The van der Waals surface area contributed by atoms with Gasteiger partial charge in [0.05, 0.1) is 0 Å². The summed E-state index contributed by atoms with van der Waals surface area (Å²) in [6.07, 6.45) is 0. The zero-order valence-corrected chi connectivity index (χ0v) is 4.82. The van der Waals surface area contributed by atoms with E-state index in [1.165, 1.54) is 0 Å². The molecule has 40 valence electrons. The van der Waals surface area contributed by atoms with Crippen LogP contribution in [-0.2, 0) is 4.74 Å². The topological polar surface area (TPSA) is 9.23 Å². The van der Waals surface area contributed by atoms with Crippen LogP contribution in [0.2, 0.25) is 0 Å². The van der Waals surface area contributed by atoms with E-state index in [0.29, 0.717) is 0 Å². The quantitative estimate of drug-likeness (QED) is 0.338. The Hall–Kier alpha value is 1.09. The molecule has 0 fully saturated rings. The van der Waals surface area contributed by atoms with E-state index < -0.39 is 0 Å². The first-order chi connectivity index (χ1) is 2.41. The second-order valence-corrected chi connectivity index (χ2v) is 0.781. The third kappa shape index (κ3) is 19.2. The van der Waals surface area contributed by atoms with E-state index in [-0.39, 0.29) is 36.2 Å². The normalized spacial score (nSPS) is 6.00. The molecule has 0 N–H and O–H groups in total. The van der Waals surface area contributed by atoms with Gasteiger partial charge in [-0.05, 0) is 13.8 Å². The monoisotopic (exact) mass is 112 g/mol. The maximum Gasteiger partial charge on any atom is 1.00 e. The first kappa shape index (κ1) is 15.7. The van der Waals surface area contributed by atoms with E-state index in [1.54, 1.807) is 0 Å². The van der Waals surface area contributed by atoms with E-state index in [4.69, 9.17) is 4.74 Å². The average molecular weight is 112 g/mol. The van der Waals surface area contributed by atoms with Crippen molar-refractivity contribution in [1.82, 2.24) is 0 Å². The van der Waals surface area contributed by atoms with Gasteiger partial charge in [-0.3, -0.25) is 0 Å².